The lowest BCUT2D eigenvalue weighted by atomic mass is 11.7. The molecule has 1 N–H and O–H groups in total. The van der Waals surface area contributed by atoms with E-state index in [1.807, 2.05) is 0 Å². The average Bonchev–Trinajstić information content (AvgIpc) is 1.61. The minimum atomic E-state index is 0.228. The molecule has 0 aliphatic rings. The highest BCUT2D eigenvalue weighted by Gasteiger charge is 1.72. The molecule has 36 valence electrons. The normalized spacial score (nSPS) is 9.50. The Morgan fingerprint density at radius 3 is 2.67 bits per heavy atom. The van der Waals surface area contributed by atoms with Crippen molar-refractivity contribution in [3.63, 3.8) is 0 Å². The van der Waals surface area contributed by atoms with Crippen molar-refractivity contribution in [2.75, 3.05) is 6.35 Å². The van der Waals surface area contributed by atoms with Crippen molar-refractivity contribution in [2.24, 2.45) is 0 Å². The Morgan fingerprint density at radius 2 is 2.50 bits per heavy atom. The van der Waals surface area contributed by atoms with Gasteiger partial charge in [0.1, 0.15) is 6.35 Å². The van der Waals surface area contributed by atoms with Gasteiger partial charge in [-0.3, -0.25) is 0 Å². The van der Waals surface area contributed by atoms with Crippen molar-refractivity contribution >= 4 is 19.2 Å². The summed E-state index contributed by atoms with van der Waals surface area (Å²) < 4.78 is 0. The van der Waals surface area contributed by atoms with Gasteiger partial charge in [-0.05, 0) is 0 Å². The fraction of sp³-hybridized carbons (Fsp3) is 1.00. The maximum atomic E-state index is 7.42. The molecule has 0 saturated heterocycles. The number of rotatable bonds is 3. The molecule has 0 amide bonds. The largest absolute Gasteiger partial charge is 0.221 e. The van der Waals surface area contributed by atoms with E-state index in [1.54, 1.807) is 0 Å². The summed E-state index contributed by atoms with van der Waals surface area (Å²) in [7, 11) is 0.622. The summed E-state index contributed by atoms with van der Waals surface area (Å²) in [4.78, 5) is 3.92. The Hall–Kier alpha value is 0.400. The minimum absolute atomic E-state index is 0.228. The number of hydrogen-bond acceptors (Lipinski definition) is 4. The molecule has 0 saturated carbocycles. The van der Waals surface area contributed by atoms with Crippen LogP contribution < -0.4 is 0 Å². The van der Waals surface area contributed by atoms with E-state index in [0.29, 0.717) is 7.36 Å². The highest BCUT2D eigenvalue weighted by Crippen LogP contribution is 1.89. The van der Waals surface area contributed by atoms with Crippen LogP contribution in [0.4, 0.5) is 0 Å². The molecule has 0 fully saturated rings. The summed E-state index contributed by atoms with van der Waals surface area (Å²) in [5.74, 6) is 0. The van der Waals surface area contributed by atoms with Crippen molar-refractivity contribution in [3.8, 4) is 0 Å². The van der Waals surface area contributed by atoms with Crippen molar-refractivity contribution in [3.05, 3.63) is 0 Å². The number of hydrogen-bond donors (Lipinski definition) is 1. The van der Waals surface area contributed by atoms with Gasteiger partial charge in [-0.1, -0.05) is 16.8 Å². The molecule has 3 nitrogen and oxygen atoms in total. The van der Waals surface area contributed by atoms with Crippen LogP contribution in [-0.4, -0.2) is 11.6 Å². The fourth-order valence-electron chi connectivity index (χ4n) is 0.0451. The predicted octanol–water partition coefficient (Wildman–Crippen LogP) is 0.773. The highest BCUT2D eigenvalue weighted by molar-refractivity contribution is 7.96. The van der Waals surface area contributed by atoms with Crippen LogP contribution in [0, 0.1) is 0 Å². The van der Waals surface area contributed by atoms with Gasteiger partial charge in [0.05, 0.1) is 0 Å². The first-order chi connectivity index (χ1) is 2.91. The van der Waals surface area contributed by atoms with E-state index in [1.165, 1.54) is 0 Å². The smallest absolute Gasteiger partial charge is 0.137 e. The minimum Gasteiger partial charge on any atom is -0.221 e. The van der Waals surface area contributed by atoms with Crippen LogP contribution >= 0.6 is 7.36 Å². The van der Waals surface area contributed by atoms with Crippen LogP contribution in [0.25, 0.3) is 0 Å². The van der Waals surface area contributed by atoms with Crippen LogP contribution in [0.2, 0.25) is 0 Å². The average molecular weight is 126 g/mol. The van der Waals surface area contributed by atoms with Crippen LogP contribution in [0.1, 0.15) is 0 Å². The lowest BCUT2D eigenvalue weighted by Gasteiger charge is -1.83. The second-order valence-corrected chi connectivity index (χ2v) is 1.74. The van der Waals surface area contributed by atoms with Gasteiger partial charge in [-0.25, -0.2) is 5.26 Å². The molecule has 0 aromatic rings. The quantitative estimate of drug-likeness (QED) is 0.262. The van der Waals surface area contributed by atoms with Crippen molar-refractivity contribution in [1.82, 2.24) is 0 Å². The van der Waals surface area contributed by atoms with Gasteiger partial charge in [-0.15, -0.1) is 0 Å². The molecule has 0 aliphatic carbocycles. The third-order valence-electron chi connectivity index (χ3n) is 0.158. The topological polar surface area (TPSA) is 38.7 Å². The molecular formula is CH3O3PS. The zero-order valence-corrected chi connectivity index (χ0v) is 4.54. The summed E-state index contributed by atoms with van der Waals surface area (Å²) in [5, 5.41) is 10.6. The van der Waals surface area contributed by atoms with Crippen LogP contribution in [-0.2, 0) is 21.7 Å². The first-order valence-electron chi connectivity index (χ1n) is 1.14. The third kappa shape index (κ3) is 4.40. The summed E-state index contributed by atoms with van der Waals surface area (Å²) in [6, 6.07) is 0. The van der Waals surface area contributed by atoms with E-state index >= 15 is 0 Å². The SMILES string of the molecule is OOOCP=S. The molecule has 0 unspecified atom stereocenters. The zero-order chi connectivity index (χ0) is 4.83. The van der Waals surface area contributed by atoms with Gasteiger partial charge >= 0.3 is 0 Å². The Labute approximate surface area is 41.6 Å². The van der Waals surface area contributed by atoms with E-state index in [-0.39, 0.29) is 6.35 Å². The van der Waals surface area contributed by atoms with Crippen molar-refractivity contribution in [1.29, 1.82) is 0 Å². The van der Waals surface area contributed by atoms with Crippen LogP contribution in [0.3, 0.4) is 0 Å². The molecule has 0 heterocycles. The van der Waals surface area contributed by atoms with Crippen molar-refractivity contribution in [2.45, 2.75) is 0 Å². The van der Waals surface area contributed by atoms with Gasteiger partial charge in [0, 0.05) is 7.36 Å². The Morgan fingerprint density at radius 1 is 1.83 bits per heavy atom. The van der Waals surface area contributed by atoms with Gasteiger partial charge in [0.15, 0.2) is 0 Å². The molecule has 6 heavy (non-hydrogen) atoms. The van der Waals surface area contributed by atoms with Gasteiger partial charge in [-0.2, -0.15) is 4.89 Å². The summed E-state index contributed by atoms with van der Waals surface area (Å²) >= 11 is 4.37. The van der Waals surface area contributed by atoms with Gasteiger partial charge < -0.3 is 0 Å². The fourth-order valence-corrected chi connectivity index (χ4v) is 0.264. The second kappa shape index (κ2) is 5.40. The molecule has 0 rings (SSSR count). The summed E-state index contributed by atoms with van der Waals surface area (Å²) in [6.45, 7) is 0. The monoisotopic (exact) mass is 126 g/mol. The first-order valence-corrected chi connectivity index (χ1v) is 3.23. The van der Waals surface area contributed by atoms with E-state index in [2.05, 4.69) is 21.7 Å². The van der Waals surface area contributed by atoms with E-state index in [4.69, 9.17) is 5.26 Å². The molecule has 0 atom stereocenters. The molecular weight excluding hydrogens is 123 g/mol. The van der Waals surface area contributed by atoms with Crippen molar-refractivity contribution < 1.29 is 15.2 Å². The maximum absolute atomic E-state index is 7.42. The first kappa shape index (κ1) is 6.40. The molecule has 5 heteroatoms. The van der Waals surface area contributed by atoms with Gasteiger partial charge in [0.25, 0.3) is 0 Å². The standard InChI is InChI=1S/CH3O3PS/c2-4-3-1-5-6/h2H,1H2. The predicted molar refractivity (Wildman–Crippen MR) is 24.0 cm³/mol. The maximum Gasteiger partial charge on any atom is 0.137 e. The second-order valence-electron chi connectivity index (χ2n) is 0.451. The highest BCUT2D eigenvalue weighted by atomic mass is 32.4. The molecule has 0 spiro atoms. The summed E-state index contributed by atoms with van der Waals surface area (Å²) in [6.07, 6.45) is 0.228. The molecule has 0 aromatic heterocycles. The lowest BCUT2D eigenvalue weighted by Crippen LogP contribution is -1.82. The Balaban J connectivity index is 2.49. The lowest BCUT2D eigenvalue weighted by molar-refractivity contribution is -0.482. The molecule has 0 aliphatic heterocycles. The molecule has 0 radical (unpaired) electrons. The Bertz CT molecular complexity index is 39.8. The van der Waals surface area contributed by atoms with Crippen LogP contribution in [0.5, 0.6) is 0 Å². The Kier molecular flexibility index (Phi) is 5.76. The van der Waals surface area contributed by atoms with Crippen LogP contribution in [0.15, 0.2) is 0 Å². The van der Waals surface area contributed by atoms with E-state index in [0.717, 1.165) is 0 Å². The summed E-state index contributed by atoms with van der Waals surface area (Å²) in [5.41, 5.74) is 0. The zero-order valence-electron chi connectivity index (χ0n) is 2.83. The molecule has 0 bridgehead atoms. The molecule has 0 aromatic carbocycles. The van der Waals surface area contributed by atoms with E-state index < -0.39 is 0 Å². The van der Waals surface area contributed by atoms with Gasteiger partial charge in [0.2, 0.25) is 0 Å². The van der Waals surface area contributed by atoms with E-state index in [9.17, 15) is 0 Å². The third-order valence-corrected chi connectivity index (χ3v) is 0.685.